The Hall–Kier alpha value is -5.16. The van der Waals surface area contributed by atoms with Gasteiger partial charge in [-0.15, -0.1) is 0 Å². The van der Waals surface area contributed by atoms with Crippen molar-refractivity contribution in [2.24, 2.45) is 15.7 Å². The first kappa shape index (κ1) is 24.6. The summed E-state index contributed by atoms with van der Waals surface area (Å²) in [5.41, 5.74) is 16.6. The van der Waals surface area contributed by atoms with Gasteiger partial charge in [-0.05, 0) is 58.0 Å². The molecule has 0 spiro atoms. The molecule has 42 heavy (non-hydrogen) atoms. The minimum Gasteiger partial charge on any atom is -0.456 e. The maximum Gasteiger partial charge on any atom is 0.149 e. The maximum atomic E-state index is 7.07. The SMILES string of the molecule is N/C(=C1/N=CCN=C1NCc1cccc2c1oc1ccccc12)C1CCc2cc3ccccc3cc2-c2ccccc21. The van der Waals surface area contributed by atoms with Crippen molar-refractivity contribution >= 4 is 44.8 Å². The molecule has 5 aromatic carbocycles. The van der Waals surface area contributed by atoms with Gasteiger partial charge in [0.1, 0.15) is 22.7 Å². The number of para-hydroxylation sites is 2. The van der Waals surface area contributed by atoms with Crippen LogP contribution in [-0.4, -0.2) is 18.6 Å². The van der Waals surface area contributed by atoms with Crippen molar-refractivity contribution in [1.29, 1.82) is 0 Å². The first-order chi connectivity index (χ1) is 20.7. The van der Waals surface area contributed by atoms with Crippen molar-refractivity contribution in [3.05, 3.63) is 131 Å². The number of hydrogen-bond acceptors (Lipinski definition) is 5. The van der Waals surface area contributed by atoms with Crippen molar-refractivity contribution in [2.45, 2.75) is 25.3 Å². The Morgan fingerprint density at radius 1 is 0.833 bits per heavy atom. The normalized spacial score (nSPS) is 17.5. The van der Waals surface area contributed by atoms with Crippen LogP contribution in [0.15, 0.2) is 129 Å². The van der Waals surface area contributed by atoms with E-state index in [9.17, 15) is 0 Å². The van der Waals surface area contributed by atoms with Crippen molar-refractivity contribution in [2.75, 3.05) is 6.54 Å². The summed E-state index contributed by atoms with van der Waals surface area (Å²) in [5, 5.41) is 8.33. The molecule has 0 saturated heterocycles. The van der Waals surface area contributed by atoms with E-state index in [2.05, 4.69) is 90.2 Å². The molecule has 6 aromatic rings. The summed E-state index contributed by atoms with van der Waals surface area (Å²) in [4.78, 5) is 9.61. The standard InChI is InChI=1S/C37H30N4O/c38-34(30-17-16-25-20-23-8-1-2-9-24(23)21-32(25)28-12-4-3-11-27(28)30)35-37(40-19-18-39-35)41-22-26-10-7-14-31-29-13-5-6-15-33(29)42-36(26)31/h1-15,18,20-21,30H,16-17,19,22,38H2,(H,40,41)/b35-34+. The minimum atomic E-state index is 0.0211. The van der Waals surface area contributed by atoms with Gasteiger partial charge in [0, 0.05) is 40.7 Å². The van der Waals surface area contributed by atoms with Crippen LogP contribution in [0.5, 0.6) is 0 Å². The number of fused-ring (bicyclic) bond motifs is 7. The topological polar surface area (TPSA) is 75.9 Å². The van der Waals surface area contributed by atoms with E-state index in [4.69, 9.17) is 20.1 Å². The van der Waals surface area contributed by atoms with Crippen molar-refractivity contribution in [3.63, 3.8) is 0 Å². The van der Waals surface area contributed by atoms with Crippen LogP contribution in [0.2, 0.25) is 0 Å². The lowest BCUT2D eigenvalue weighted by Gasteiger charge is -2.22. The van der Waals surface area contributed by atoms with Gasteiger partial charge in [0.15, 0.2) is 0 Å². The molecular weight excluding hydrogens is 516 g/mol. The molecule has 1 atom stereocenters. The third-order valence-electron chi connectivity index (χ3n) is 8.66. The second-order valence-electron chi connectivity index (χ2n) is 11.1. The van der Waals surface area contributed by atoms with Gasteiger partial charge in [-0.3, -0.25) is 9.98 Å². The predicted molar refractivity (Wildman–Crippen MR) is 173 cm³/mol. The van der Waals surface area contributed by atoms with Gasteiger partial charge in [-0.2, -0.15) is 0 Å². The molecule has 8 rings (SSSR count). The van der Waals surface area contributed by atoms with E-state index >= 15 is 0 Å². The lowest BCUT2D eigenvalue weighted by atomic mass is 9.88. The number of nitrogens with zero attached hydrogens (tertiary/aromatic N) is 2. The van der Waals surface area contributed by atoms with Gasteiger partial charge < -0.3 is 15.5 Å². The molecule has 0 amide bonds. The van der Waals surface area contributed by atoms with Crippen LogP contribution in [0.4, 0.5) is 0 Å². The van der Waals surface area contributed by atoms with E-state index in [-0.39, 0.29) is 5.92 Å². The van der Waals surface area contributed by atoms with Gasteiger partial charge in [-0.25, -0.2) is 0 Å². The molecule has 0 fully saturated rings. The molecule has 1 aromatic heterocycles. The fraction of sp³-hybridized carbons (Fsp3) is 0.135. The number of allylic oxidation sites excluding steroid dienone is 1. The number of rotatable bonds is 3. The summed E-state index contributed by atoms with van der Waals surface area (Å²) in [6.07, 6.45) is 3.68. The first-order valence-electron chi connectivity index (χ1n) is 14.6. The number of furan rings is 1. The van der Waals surface area contributed by atoms with E-state index in [1.165, 1.54) is 33.0 Å². The van der Waals surface area contributed by atoms with Gasteiger partial charge in [0.2, 0.25) is 0 Å². The molecule has 5 heteroatoms. The Morgan fingerprint density at radius 2 is 1.62 bits per heavy atom. The lowest BCUT2D eigenvalue weighted by Crippen LogP contribution is -2.30. The van der Waals surface area contributed by atoms with Crippen LogP contribution in [0, 0.1) is 0 Å². The number of nitrogens with one attached hydrogen (secondary N) is 1. The number of aliphatic imine (C=N–C) groups is 2. The van der Waals surface area contributed by atoms with Crippen molar-refractivity contribution < 1.29 is 4.42 Å². The number of nitrogens with two attached hydrogens (primary N) is 1. The first-order valence-corrected chi connectivity index (χ1v) is 14.6. The monoisotopic (exact) mass is 546 g/mol. The minimum absolute atomic E-state index is 0.0211. The molecule has 1 aliphatic heterocycles. The second-order valence-corrected chi connectivity index (χ2v) is 11.1. The Bertz CT molecular complexity index is 2100. The molecule has 1 unspecified atom stereocenters. The molecule has 0 saturated carbocycles. The molecule has 2 aliphatic rings. The number of amidine groups is 1. The van der Waals surface area contributed by atoms with Crippen LogP contribution in [0.25, 0.3) is 43.8 Å². The fourth-order valence-corrected chi connectivity index (χ4v) is 6.61. The Labute approximate surface area is 244 Å². The summed E-state index contributed by atoms with van der Waals surface area (Å²) in [6, 6.07) is 36.4. The molecule has 1 aliphatic carbocycles. The highest BCUT2D eigenvalue weighted by molar-refractivity contribution is 6.06. The van der Waals surface area contributed by atoms with Gasteiger partial charge in [-0.1, -0.05) is 91.0 Å². The van der Waals surface area contributed by atoms with E-state index < -0.39 is 0 Å². The Balaban J connectivity index is 1.15. The van der Waals surface area contributed by atoms with Gasteiger partial charge in [0.05, 0.1) is 6.54 Å². The maximum absolute atomic E-state index is 7.07. The average molecular weight is 547 g/mol. The van der Waals surface area contributed by atoms with E-state index in [0.717, 1.165) is 57.6 Å². The average Bonchev–Trinajstić information content (AvgIpc) is 3.35. The van der Waals surface area contributed by atoms with E-state index in [1.807, 2.05) is 24.4 Å². The molecular formula is C37H30N4O. The largest absolute Gasteiger partial charge is 0.456 e. The van der Waals surface area contributed by atoms with Crippen LogP contribution in [0.1, 0.15) is 29.0 Å². The molecule has 5 nitrogen and oxygen atoms in total. The molecule has 204 valence electrons. The zero-order valence-corrected chi connectivity index (χ0v) is 23.2. The van der Waals surface area contributed by atoms with Crippen LogP contribution >= 0.6 is 0 Å². The number of benzene rings is 5. The molecule has 0 radical (unpaired) electrons. The van der Waals surface area contributed by atoms with Crippen LogP contribution < -0.4 is 11.1 Å². The second kappa shape index (κ2) is 10.0. The molecule has 3 N–H and O–H groups in total. The van der Waals surface area contributed by atoms with Crippen molar-refractivity contribution in [1.82, 2.24) is 5.32 Å². The molecule has 0 bridgehead atoms. The highest BCUT2D eigenvalue weighted by Crippen LogP contribution is 2.42. The zero-order valence-electron chi connectivity index (χ0n) is 23.2. The van der Waals surface area contributed by atoms with E-state index in [0.29, 0.717) is 13.1 Å². The fourth-order valence-electron chi connectivity index (χ4n) is 6.61. The predicted octanol–water partition coefficient (Wildman–Crippen LogP) is 7.88. The van der Waals surface area contributed by atoms with Gasteiger partial charge in [0.25, 0.3) is 0 Å². The summed E-state index contributed by atoms with van der Waals surface area (Å²) in [7, 11) is 0. The highest BCUT2D eigenvalue weighted by Gasteiger charge is 2.28. The molecule has 2 heterocycles. The number of aryl methyl sites for hydroxylation is 1. The van der Waals surface area contributed by atoms with Gasteiger partial charge >= 0.3 is 0 Å². The Morgan fingerprint density at radius 3 is 2.55 bits per heavy atom. The third kappa shape index (κ3) is 4.08. The summed E-state index contributed by atoms with van der Waals surface area (Å²) in [5.74, 6) is 0.751. The lowest BCUT2D eigenvalue weighted by molar-refractivity contribution is 0.660. The smallest absolute Gasteiger partial charge is 0.149 e. The summed E-state index contributed by atoms with van der Waals surface area (Å²) in [6.45, 7) is 1.08. The van der Waals surface area contributed by atoms with Crippen LogP contribution in [0.3, 0.4) is 0 Å². The third-order valence-corrected chi connectivity index (χ3v) is 8.66. The van der Waals surface area contributed by atoms with Crippen LogP contribution in [-0.2, 0) is 13.0 Å². The Kier molecular flexibility index (Phi) is 5.88. The summed E-state index contributed by atoms with van der Waals surface area (Å²) < 4.78 is 6.26. The number of hydrogen-bond donors (Lipinski definition) is 2. The summed E-state index contributed by atoms with van der Waals surface area (Å²) >= 11 is 0. The quantitative estimate of drug-likeness (QED) is 0.237. The zero-order chi connectivity index (χ0) is 28.0. The van der Waals surface area contributed by atoms with Crippen molar-refractivity contribution in [3.8, 4) is 11.1 Å². The van der Waals surface area contributed by atoms with E-state index in [1.54, 1.807) is 0 Å². The highest BCUT2D eigenvalue weighted by atomic mass is 16.3.